The van der Waals surface area contributed by atoms with Crippen LogP contribution in [0, 0.1) is 22.9 Å². The molecule has 1 unspecified atom stereocenters. The Morgan fingerprint density at radius 1 is 1.28 bits per heavy atom. The summed E-state index contributed by atoms with van der Waals surface area (Å²) >= 11 is 6.33. The highest BCUT2D eigenvalue weighted by atomic mass is 35.5. The van der Waals surface area contributed by atoms with E-state index in [1.807, 2.05) is 30.3 Å². The molecule has 2 aromatic carbocycles. The number of benzene rings is 2. The van der Waals surface area contributed by atoms with Crippen molar-refractivity contribution in [3.8, 4) is 0 Å². The number of amides is 1. The molecule has 0 spiro atoms. The van der Waals surface area contributed by atoms with Gasteiger partial charge in [0.25, 0.3) is 5.91 Å². The maximum absolute atomic E-state index is 13.4. The molecule has 3 rings (SSSR count). The summed E-state index contributed by atoms with van der Waals surface area (Å²) in [5, 5.41) is 17.5. The predicted octanol–water partition coefficient (Wildman–Crippen LogP) is 4.12. The van der Waals surface area contributed by atoms with Gasteiger partial charge >= 0.3 is 11.7 Å². The van der Waals surface area contributed by atoms with Crippen LogP contribution in [0.3, 0.4) is 0 Å². The smallest absolute Gasteiger partial charge is 0.343 e. The maximum atomic E-state index is 13.4. The molecule has 0 bridgehead atoms. The van der Waals surface area contributed by atoms with Gasteiger partial charge in [-0.1, -0.05) is 41.9 Å². The Bertz CT molecular complexity index is 1180. The SMILES string of the molecule is Cc1nn(Cc2ccccc2)c(Cl)c1C(=O)OC(C)C(=O)Nc1ccc(F)c([N+](=O)[O-])c1. The number of nitrogens with zero attached hydrogens (tertiary/aromatic N) is 3. The maximum Gasteiger partial charge on any atom is 0.343 e. The minimum atomic E-state index is -1.26. The van der Waals surface area contributed by atoms with E-state index in [1.165, 1.54) is 11.6 Å². The number of anilines is 1. The van der Waals surface area contributed by atoms with Crippen molar-refractivity contribution in [3.05, 3.63) is 86.4 Å². The largest absolute Gasteiger partial charge is 0.449 e. The molecule has 11 heteroatoms. The first-order valence-corrected chi connectivity index (χ1v) is 9.77. The molecule has 0 aliphatic rings. The summed E-state index contributed by atoms with van der Waals surface area (Å²) in [4.78, 5) is 34.9. The molecule has 0 aliphatic carbocycles. The summed E-state index contributed by atoms with van der Waals surface area (Å²) in [6.07, 6.45) is -1.26. The van der Waals surface area contributed by atoms with Crippen molar-refractivity contribution in [3.63, 3.8) is 0 Å². The normalized spacial score (nSPS) is 11.6. The number of hydrogen-bond donors (Lipinski definition) is 1. The van der Waals surface area contributed by atoms with Gasteiger partial charge in [0.1, 0.15) is 10.7 Å². The lowest BCUT2D eigenvalue weighted by Crippen LogP contribution is -2.30. The predicted molar refractivity (Wildman–Crippen MR) is 114 cm³/mol. The molecule has 1 aromatic heterocycles. The van der Waals surface area contributed by atoms with Crippen molar-refractivity contribution in [2.45, 2.75) is 26.5 Å². The van der Waals surface area contributed by atoms with Crippen LogP contribution in [-0.2, 0) is 16.1 Å². The van der Waals surface area contributed by atoms with Gasteiger partial charge in [0.05, 0.1) is 17.2 Å². The second-order valence-corrected chi connectivity index (χ2v) is 7.21. The Kier molecular flexibility index (Phi) is 6.84. The van der Waals surface area contributed by atoms with E-state index in [4.69, 9.17) is 16.3 Å². The molecule has 32 heavy (non-hydrogen) atoms. The number of nitro groups is 1. The van der Waals surface area contributed by atoms with Gasteiger partial charge in [-0.25, -0.2) is 9.48 Å². The van der Waals surface area contributed by atoms with Crippen LogP contribution < -0.4 is 5.32 Å². The monoisotopic (exact) mass is 460 g/mol. The molecule has 0 saturated carbocycles. The third-order valence-corrected chi connectivity index (χ3v) is 4.89. The zero-order valence-electron chi connectivity index (χ0n) is 17.0. The van der Waals surface area contributed by atoms with Gasteiger partial charge in [-0.2, -0.15) is 9.49 Å². The molecule has 0 saturated heterocycles. The molecule has 1 atom stereocenters. The van der Waals surface area contributed by atoms with Gasteiger partial charge in [0, 0.05) is 11.8 Å². The molecule has 3 aromatic rings. The average molecular weight is 461 g/mol. The summed E-state index contributed by atoms with van der Waals surface area (Å²) in [6.45, 7) is 3.25. The molecule has 0 fully saturated rings. The van der Waals surface area contributed by atoms with Crippen LogP contribution in [-0.4, -0.2) is 32.7 Å². The fourth-order valence-corrected chi connectivity index (χ4v) is 3.21. The minimum absolute atomic E-state index is 0.0177. The lowest BCUT2D eigenvalue weighted by atomic mass is 10.2. The minimum Gasteiger partial charge on any atom is -0.449 e. The molecule has 1 amide bonds. The second kappa shape index (κ2) is 9.56. The number of carbonyl (C=O) groups is 2. The highest BCUT2D eigenvalue weighted by Gasteiger charge is 2.26. The van der Waals surface area contributed by atoms with E-state index >= 15 is 0 Å². The summed E-state index contributed by atoms with van der Waals surface area (Å²) in [7, 11) is 0. The topological polar surface area (TPSA) is 116 Å². The molecule has 0 aliphatic heterocycles. The number of esters is 1. The third kappa shape index (κ3) is 5.09. The van der Waals surface area contributed by atoms with Gasteiger partial charge in [0.15, 0.2) is 6.10 Å². The number of ether oxygens (including phenoxy) is 1. The van der Waals surface area contributed by atoms with E-state index in [9.17, 15) is 24.1 Å². The molecule has 1 heterocycles. The fourth-order valence-electron chi connectivity index (χ4n) is 2.89. The zero-order valence-corrected chi connectivity index (χ0v) is 17.8. The highest BCUT2D eigenvalue weighted by Crippen LogP contribution is 2.24. The molecule has 166 valence electrons. The van der Waals surface area contributed by atoms with E-state index in [2.05, 4.69) is 10.4 Å². The number of rotatable bonds is 7. The zero-order chi connectivity index (χ0) is 23.4. The van der Waals surface area contributed by atoms with Crippen LogP contribution in [0.4, 0.5) is 15.8 Å². The van der Waals surface area contributed by atoms with Crippen molar-refractivity contribution in [2.24, 2.45) is 0 Å². The Morgan fingerprint density at radius 2 is 1.97 bits per heavy atom. The highest BCUT2D eigenvalue weighted by molar-refractivity contribution is 6.32. The van der Waals surface area contributed by atoms with E-state index in [-0.39, 0.29) is 16.4 Å². The second-order valence-electron chi connectivity index (χ2n) is 6.85. The van der Waals surface area contributed by atoms with Gasteiger partial charge in [0.2, 0.25) is 5.82 Å². The first-order valence-electron chi connectivity index (χ1n) is 9.40. The van der Waals surface area contributed by atoms with Crippen molar-refractivity contribution >= 4 is 34.9 Å². The first-order chi connectivity index (χ1) is 15.2. The number of nitro benzene ring substituents is 1. The standard InChI is InChI=1S/C21H18ClFN4O5/c1-12-18(19(22)26(25-12)11-14-6-4-3-5-7-14)21(29)32-13(2)20(28)24-15-8-9-16(23)17(10-15)27(30)31/h3-10,13H,11H2,1-2H3,(H,24,28). The fraction of sp³-hybridized carbons (Fsp3) is 0.190. The molecular formula is C21H18ClFN4O5. The number of aromatic nitrogens is 2. The van der Waals surface area contributed by atoms with Crippen molar-refractivity contribution in [1.29, 1.82) is 0 Å². The van der Waals surface area contributed by atoms with E-state index in [0.29, 0.717) is 12.2 Å². The van der Waals surface area contributed by atoms with Crippen LogP contribution in [0.25, 0.3) is 0 Å². The summed E-state index contributed by atoms with van der Waals surface area (Å²) in [6, 6.07) is 12.3. The van der Waals surface area contributed by atoms with Crippen molar-refractivity contribution in [2.75, 3.05) is 5.32 Å². The number of nitrogens with one attached hydrogen (secondary N) is 1. The Hall–Kier alpha value is -3.79. The molecule has 9 nitrogen and oxygen atoms in total. The number of aryl methyl sites for hydroxylation is 1. The quantitative estimate of drug-likeness (QED) is 0.322. The van der Waals surface area contributed by atoms with Crippen LogP contribution in [0.1, 0.15) is 28.5 Å². The molecule has 1 N–H and O–H groups in total. The van der Waals surface area contributed by atoms with E-state index in [0.717, 1.165) is 23.8 Å². The van der Waals surface area contributed by atoms with Gasteiger partial charge in [-0.15, -0.1) is 0 Å². The van der Waals surface area contributed by atoms with Crippen LogP contribution in [0.15, 0.2) is 48.5 Å². The van der Waals surface area contributed by atoms with E-state index < -0.39 is 34.4 Å². The Labute approximate surface area is 186 Å². The van der Waals surface area contributed by atoms with Gasteiger partial charge < -0.3 is 10.1 Å². The first kappa shape index (κ1) is 22.9. The summed E-state index contributed by atoms with van der Waals surface area (Å²) in [5.74, 6) is -2.64. The molecular weight excluding hydrogens is 443 g/mol. The van der Waals surface area contributed by atoms with Crippen LogP contribution >= 0.6 is 11.6 Å². The Balaban J connectivity index is 1.69. The lowest BCUT2D eigenvalue weighted by Gasteiger charge is -2.13. The summed E-state index contributed by atoms with van der Waals surface area (Å²) in [5.41, 5.74) is 0.479. The van der Waals surface area contributed by atoms with Crippen molar-refractivity contribution in [1.82, 2.24) is 9.78 Å². The van der Waals surface area contributed by atoms with Gasteiger partial charge in [-0.05, 0) is 31.5 Å². The number of halogens is 2. The summed E-state index contributed by atoms with van der Waals surface area (Å²) < 4.78 is 20.1. The average Bonchev–Trinajstić information content (AvgIpc) is 3.02. The Morgan fingerprint density at radius 3 is 2.62 bits per heavy atom. The lowest BCUT2D eigenvalue weighted by molar-refractivity contribution is -0.387. The van der Waals surface area contributed by atoms with Crippen LogP contribution in [0.2, 0.25) is 5.15 Å². The van der Waals surface area contributed by atoms with Crippen LogP contribution in [0.5, 0.6) is 0 Å². The number of carbonyl (C=O) groups excluding carboxylic acids is 2. The third-order valence-electron chi connectivity index (χ3n) is 4.51. The van der Waals surface area contributed by atoms with Gasteiger partial charge in [-0.3, -0.25) is 14.9 Å². The van der Waals surface area contributed by atoms with Crippen molar-refractivity contribution < 1.29 is 23.6 Å². The number of hydrogen-bond acceptors (Lipinski definition) is 6. The van der Waals surface area contributed by atoms with E-state index in [1.54, 1.807) is 6.92 Å². The molecule has 0 radical (unpaired) electrons.